The predicted molar refractivity (Wildman–Crippen MR) is 119 cm³/mol. The normalized spacial score (nSPS) is 10.8. The molecule has 2 heterocycles. The van der Waals surface area contributed by atoms with Crippen molar-refractivity contribution in [3.63, 3.8) is 0 Å². The van der Waals surface area contributed by atoms with Crippen molar-refractivity contribution < 1.29 is 13.9 Å². The topological polar surface area (TPSA) is 57.1 Å². The van der Waals surface area contributed by atoms with Gasteiger partial charge in [-0.3, -0.25) is 0 Å². The number of methoxy groups -OCH3 is 2. The van der Waals surface area contributed by atoms with Gasteiger partial charge >= 0.3 is 0 Å². The van der Waals surface area contributed by atoms with Crippen molar-refractivity contribution >= 4 is 27.3 Å². The highest BCUT2D eigenvalue weighted by molar-refractivity contribution is 9.10. The van der Waals surface area contributed by atoms with Crippen molar-refractivity contribution in [1.82, 2.24) is 15.0 Å². The van der Waals surface area contributed by atoms with Crippen LogP contribution in [0.2, 0.25) is 0 Å². The van der Waals surface area contributed by atoms with Crippen LogP contribution in [-0.2, 0) is 6.42 Å². The summed E-state index contributed by atoms with van der Waals surface area (Å²) in [6.45, 7) is 0. The summed E-state index contributed by atoms with van der Waals surface area (Å²) in [6, 6.07) is 14.2. The van der Waals surface area contributed by atoms with E-state index < -0.39 is 0 Å². The molecule has 4 aromatic rings. The molecule has 0 saturated carbocycles. The van der Waals surface area contributed by atoms with E-state index in [0.29, 0.717) is 34.6 Å². The van der Waals surface area contributed by atoms with Crippen LogP contribution in [0.25, 0.3) is 22.1 Å². The third kappa shape index (κ3) is 4.34. The highest BCUT2D eigenvalue weighted by Gasteiger charge is 2.21. The number of nitrogens with zero attached hydrogens (tertiary/aromatic N) is 3. The quantitative estimate of drug-likeness (QED) is 0.346. The molecule has 0 radical (unpaired) electrons. The lowest BCUT2D eigenvalue weighted by atomic mass is 10.1. The van der Waals surface area contributed by atoms with Crippen LogP contribution in [0.4, 0.5) is 4.39 Å². The van der Waals surface area contributed by atoms with Gasteiger partial charge in [-0.05, 0) is 29.8 Å². The number of thiazole rings is 1. The Hall–Kier alpha value is -2.84. The lowest BCUT2D eigenvalue weighted by Crippen LogP contribution is -2.01. The third-order valence-electron chi connectivity index (χ3n) is 4.38. The second kappa shape index (κ2) is 8.89. The van der Waals surface area contributed by atoms with Crippen LogP contribution < -0.4 is 9.47 Å². The van der Waals surface area contributed by atoms with Gasteiger partial charge in [-0.1, -0.05) is 40.2 Å². The fraction of sp³-hybridized carbons (Fsp3) is 0.136. The van der Waals surface area contributed by atoms with Crippen molar-refractivity contribution in [3.05, 3.63) is 75.5 Å². The number of rotatable bonds is 6. The Morgan fingerprint density at radius 2 is 1.70 bits per heavy atom. The van der Waals surface area contributed by atoms with E-state index >= 15 is 0 Å². The molecule has 0 fully saturated rings. The van der Waals surface area contributed by atoms with Crippen LogP contribution in [-0.4, -0.2) is 29.2 Å². The van der Waals surface area contributed by atoms with Crippen molar-refractivity contribution in [2.24, 2.45) is 0 Å². The minimum atomic E-state index is -0.248. The Kier molecular flexibility index (Phi) is 6.06. The first-order valence-electron chi connectivity index (χ1n) is 9.03. The Balaban J connectivity index is 1.73. The molecular weight excluding hydrogens is 469 g/mol. The highest BCUT2D eigenvalue weighted by atomic mass is 79.9. The number of aromatic nitrogens is 3. The van der Waals surface area contributed by atoms with E-state index in [1.54, 1.807) is 32.5 Å². The van der Waals surface area contributed by atoms with Gasteiger partial charge in [-0.25, -0.2) is 14.4 Å². The second-order valence-corrected chi connectivity index (χ2v) is 8.41. The van der Waals surface area contributed by atoms with E-state index in [-0.39, 0.29) is 5.82 Å². The molecule has 0 atom stereocenters. The first-order valence-corrected chi connectivity index (χ1v) is 10.6. The Bertz CT molecular complexity index is 1160. The molecule has 0 unspecified atom stereocenters. The maximum atomic E-state index is 13.2. The Morgan fingerprint density at radius 1 is 0.967 bits per heavy atom. The predicted octanol–water partition coefficient (Wildman–Crippen LogP) is 5.78. The molecule has 5 nitrogen and oxygen atoms in total. The SMILES string of the molecule is COc1nc(-c2ccc(Br)cc2)nc(-c2ncc(Cc3ccc(F)cc3)s2)c1OC. The van der Waals surface area contributed by atoms with E-state index in [2.05, 4.69) is 25.9 Å². The van der Waals surface area contributed by atoms with Gasteiger partial charge in [-0.2, -0.15) is 4.98 Å². The molecule has 152 valence electrons. The zero-order chi connectivity index (χ0) is 21.1. The molecule has 0 spiro atoms. The minimum absolute atomic E-state index is 0.248. The van der Waals surface area contributed by atoms with Crippen LogP contribution in [0.15, 0.2) is 59.2 Å². The molecule has 2 aromatic heterocycles. The van der Waals surface area contributed by atoms with Crippen LogP contribution >= 0.6 is 27.3 Å². The van der Waals surface area contributed by atoms with Gasteiger partial charge in [0, 0.05) is 27.5 Å². The molecule has 4 rings (SSSR count). The molecule has 0 aliphatic carbocycles. The van der Waals surface area contributed by atoms with Crippen LogP contribution in [0, 0.1) is 5.82 Å². The molecular formula is C22H17BrFN3O2S. The smallest absolute Gasteiger partial charge is 0.261 e. The summed E-state index contributed by atoms with van der Waals surface area (Å²) in [4.78, 5) is 14.8. The first kappa shape index (κ1) is 20.4. The van der Waals surface area contributed by atoms with Crippen molar-refractivity contribution in [2.75, 3.05) is 14.2 Å². The van der Waals surface area contributed by atoms with Crippen molar-refractivity contribution in [1.29, 1.82) is 0 Å². The molecule has 0 amide bonds. The molecule has 8 heteroatoms. The number of ether oxygens (including phenoxy) is 2. The molecule has 0 bridgehead atoms. The van der Waals surface area contributed by atoms with Gasteiger partial charge in [0.1, 0.15) is 16.5 Å². The molecule has 0 aliphatic rings. The Labute approximate surface area is 185 Å². The van der Waals surface area contributed by atoms with Gasteiger partial charge in [-0.15, -0.1) is 11.3 Å². The van der Waals surface area contributed by atoms with Crippen LogP contribution in [0.1, 0.15) is 10.4 Å². The van der Waals surface area contributed by atoms with E-state index in [1.807, 2.05) is 24.3 Å². The van der Waals surface area contributed by atoms with E-state index in [9.17, 15) is 4.39 Å². The van der Waals surface area contributed by atoms with Crippen molar-refractivity contribution in [2.45, 2.75) is 6.42 Å². The summed E-state index contributed by atoms with van der Waals surface area (Å²) in [7, 11) is 3.10. The van der Waals surface area contributed by atoms with Gasteiger partial charge in [0.05, 0.1) is 14.2 Å². The summed E-state index contributed by atoms with van der Waals surface area (Å²) in [5, 5.41) is 0.697. The first-order chi connectivity index (χ1) is 14.6. The fourth-order valence-corrected chi connectivity index (χ4v) is 4.12. The summed E-state index contributed by atoms with van der Waals surface area (Å²) in [6.07, 6.45) is 2.46. The summed E-state index contributed by atoms with van der Waals surface area (Å²) < 4.78 is 25.1. The number of benzene rings is 2. The second-order valence-electron chi connectivity index (χ2n) is 6.38. The van der Waals surface area contributed by atoms with E-state index in [4.69, 9.17) is 14.5 Å². The average molecular weight is 486 g/mol. The van der Waals surface area contributed by atoms with Crippen molar-refractivity contribution in [3.8, 4) is 33.7 Å². The van der Waals surface area contributed by atoms with Crippen LogP contribution in [0.5, 0.6) is 11.6 Å². The Morgan fingerprint density at radius 3 is 2.37 bits per heavy atom. The maximum Gasteiger partial charge on any atom is 0.261 e. The molecule has 0 saturated heterocycles. The molecule has 0 aliphatic heterocycles. The zero-order valence-corrected chi connectivity index (χ0v) is 18.6. The third-order valence-corrected chi connectivity index (χ3v) is 5.91. The standard InChI is InChI=1S/C22H17BrFN3O2S/c1-28-19-18(22-25-12-17(30-22)11-13-3-9-16(24)10-4-13)26-20(27-21(19)29-2)14-5-7-15(23)8-6-14/h3-10,12H,11H2,1-2H3. The molecule has 30 heavy (non-hydrogen) atoms. The van der Waals surface area contributed by atoms with Gasteiger partial charge in [0.15, 0.2) is 5.82 Å². The number of hydrogen-bond acceptors (Lipinski definition) is 6. The van der Waals surface area contributed by atoms with E-state index in [0.717, 1.165) is 20.5 Å². The summed E-state index contributed by atoms with van der Waals surface area (Å²) in [5.41, 5.74) is 2.43. The average Bonchev–Trinajstić information content (AvgIpc) is 3.23. The zero-order valence-electron chi connectivity index (χ0n) is 16.2. The van der Waals surface area contributed by atoms with Gasteiger partial charge in [0.2, 0.25) is 5.75 Å². The van der Waals surface area contributed by atoms with Gasteiger partial charge in [0.25, 0.3) is 5.88 Å². The lowest BCUT2D eigenvalue weighted by molar-refractivity contribution is 0.343. The monoisotopic (exact) mass is 485 g/mol. The molecule has 2 aromatic carbocycles. The van der Waals surface area contributed by atoms with E-state index in [1.165, 1.54) is 23.5 Å². The highest BCUT2D eigenvalue weighted by Crippen LogP contribution is 2.39. The number of hydrogen-bond donors (Lipinski definition) is 0. The van der Waals surface area contributed by atoms with Gasteiger partial charge < -0.3 is 9.47 Å². The van der Waals surface area contributed by atoms with Crippen LogP contribution in [0.3, 0.4) is 0 Å². The number of halogens is 2. The molecule has 0 N–H and O–H groups in total. The summed E-state index contributed by atoms with van der Waals surface area (Å²) in [5.74, 6) is 1.05. The minimum Gasteiger partial charge on any atom is -0.490 e. The maximum absolute atomic E-state index is 13.2. The fourth-order valence-electron chi connectivity index (χ4n) is 2.93. The lowest BCUT2D eigenvalue weighted by Gasteiger charge is -2.12. The summed E-state index contributed by atoms with van der Waals surface area (Å²) >= 11 is 4.94. The largest absolute Gasteiger partial charge is 0.490 e.